The Morgan fingerprint density at radius 2 is 2.03 bits per heavy atom. The molecule has 2 aliphatic rings. The average molecular weight is 493 g/mol. The van der Waals surface area contributed by atoms with E-state index in [0.29, 0.717) is 24.6 Å². The molecule has 186 valence electrons. The quantitative estimate of drug-likeness (QED) is 0.393. The molecule has 1 saturated heterocycles. The molecule has 0 unspecified atom stereocenters. The van der Waals surface area contributed by atoms with Gasteiger partial charge in [0.15, 0.2) is 5.69 Å². The maximum absolute atomic E-state index is 13.4. The van der Waals surface area contributed by atoms with Crippen molar-refractivity contribution in [3.05, 3.63) is 71.6 Å². The number of likely N-dealkylation sites (tertiary alicyclic amines) is 1. The van der Waals surface area contributed by atoms with Crippen molar-refractivity contribution in [1.82, 2.24) is 34.0 Å². The summed E-state index contributed by atoms with van der Waals surface area (Å²) < 4.78 is 3.86. The van der Waals surface area contributed by atoms with E-state index in [4.69, 9.17) is 10.7 Å². The SMILES string of the molecule is Cn1nc(C(=O)N2CCC(c3nc(-c4cc5c([nH]4)C=CCC5)c4c(N)nccn34)CC2)c2ccccc21. The van der Waals surface area contributed by atoms with Crippen LogP contribution in [0.15, 0.2) is 48.8 Å². The Labute approximate surface area is 213 Å². The van der Waals surface area contributed by atoms with E-state index in [0.717, 1.165) is 65.0 Å². The zero-order valence-corrected chi connectivity index (χ0v) is 20.7. The molecular formula is C28H28N8O. The van der Waals surface area contributed by atoms with Crippen molar-refractivity contribution in [2.24, 2.45) is 7.05 Å². The van der Waals surface area contributed by atoms with Crippen LogP contribution in [0.4, 0.5) is 5.82 Å². The molecule has 1 aliphatic carbocycles. The zero-order chi connectivity index (χ0) is 25.1. The Hall–Kier alpha value is -4.40. The third-order valence-corrected chi connectivity index (χ3v) is 7.77. The van der Waals surface area contributed by atoms with Crippen LogP contribution in [0.3, 0.4) is 0 Å². The predicted molar refractivity (Wildman–Crippen MR) is 143 cm³/mol. The first-order chi connectivity index (χ1) is 18.1. The van der Waals surface area contributed by atoms with Gasteiger partial charge < -0.3 is 15.6 Å². The predicted octanol–water partition coefficient (Wildman–Crippen LogP) is 4.17. The highest BCUT2D eigenvalue weighted by molar-refractivity contribution is 6.04. The molecule has 1 aliphatic heterocycles. The summed E-state index contributed by atoms with van der Waals surface area (Å²) in [4.78, 5) is 28.3. The number of carbonyl (C=O) groups excluding carboxylic acids is 1. The Morgan fingerprint density at radius 1 is 1.19 bits per heavy atom. The fraction of sp³-hybridized carbons (Fsp3) is 0.286. The number of benzene rings is 1. The number of piperidine rings is 1. The molecular weight excluding hydrogens is 464 g/mol. The number of allylic oxidation sites excluding steroid dienone is 1. The van der Waals surface area contributed by atoms with Gasteiger partial charge in [-0.05, 0) is 49.5 Å². The number of nitrogens with one attached hydrogen (secondary N) is 1. The number of fused-ring (bicyclic) bond motifs is 3. The Kier molecular flexibility index (Phi) is 4.92. The molecule has 1 amide bonds. The van der Waals surface area contributed by atoms with Crippen molar-refractivity contribution >= 4 is 34.2 Å². The van der Waals surface area contributed by atoms with Crippen LogP contribution in [-0.2, 0) is 13.5 Å². The van der Waals surface area contributed by atoms with Crippen LogP contribution < -0.4 is 5.73 Å². The molecule has 5 aromatic rings. The highest BCUT2D eigenvalue weighted by Gasteiger charge is 2.31. The van der Waals surface area contributed by atoms with Crippen molar-refractivity contribution in [3.63, 3.8) is 0 Å². The normalized spacial score (nSPS) is 16.1. The minimum absolute atomic E-state index is 0.0117. The maximum Gasteiger partial charge on any atom is 0.275 e. The number of para-hydroxylation sites is 1. The summed E-state index contributed by atoms with van der Waals surface area (Å²) in [5, 5.41) is 5.43. The van der Waals surface area contributed by atoms with Gasteiger partial charge >= 0.3 is 0 Å². The molecule has 37 heavy (non-hydrogen) atoms. The molecule has 4 aromatic heterocycles. The monoisotopic (exact) mass is 492 g/mol. The summed E-state index contributed by atoms with van der Waals surface area (Å²) in [6, 6.07) is 10.1. The van der Waals surface area contributed by atoms with E-state index in [9.17, 15) is 4.79 Å². The van der Waals surface area contributed by atoms with E-state index in [1.807, 2.05) is 42.4 Å². The second-order valence-corrected chi connectivity index (χ2v) is 9.97. The molecule has 0 radical (unpaired) electrons. The third kappa shape index (κ3) is 3.45. The number of hydrogen-bond donors (Lipinski definition) is 2. The van der Waals surface area contributed by atoms with Gasteiger partial charge in [-0.25, -0.2) is 9.97 Å². The minimum atomic E-state index is -0.0117. The standard InChI is InChI=1S/C28H28N8O/c1-34-22-9-5-3-7-19(22)23(33-34)28(37)35-13-10-17(11-14-35)27-32-24(25-26(29)30-12-15-36(25)27)21-16-18-6-2-4-8-20(18)31-21/h3-5,7-9,12,15-17,31H,2,6,10-11,13-14H2,1H3,(H2,29,30). The number of nitrogens with zero attached hydrogens (tertiary/aromatic N) is 6. The first-order valence-electron chi connectivity index (χ1n) is 12.8. The summed E-state index contributed by atoms with van der Waals surface area (Å²) >= 11 is 0. The number of aromatic amines is 1. The van der Waals surface area contributed by atoms with Crippen LogP contribution in [0.1, 0.15) is 52.8 Å². The fourth-order valence-corrected chi connectivity index (χ4v) is 5.86. The number of aromatic nitrogens is 6. The molecule has 0 bridgehead atoms. The second-order valence-electron chi connectivity index (χ2n) is 9.97. The highest BCUT2D eigenvalue weighted by Crippen LogP contribution is 2.36. The van der Waals surface area contributed by atoms with Crippen molar-refractivity contribution in [3.8, 4) is 11.4 Å². The molecule has 7 rings (SSSR count). The number of rotatable bonds is 3. The van der Waals surface area contributed by atoms with Crippen molar-refractivity contribution < 1.29 is 4.79 Å². The van der Waals surface area contributed by atoms with E-state index < -0.39 is 0 Å². The summed E-state index contributed by atoms with van der Waals surface area (Å²) in [5.74, 6) is 1.63. The largest absolute Gasteiger partial charge is 0.382 e. The Balaban J connectivity index is 1.18. The molecule has 1 aromatic carbocycles. The van der Waals surface area contributed by atoms with Crippen LogP contribution in [0, 0.1) is 0 Å². The van der Waals surface area contributed by atoms with Gasteiger partial charge in [0.1, 0.15) is 22.9 Å². The van der Waals surface area contributed by atoms with Crippen molar-refractivity contribution in [2.45, 2.75) is 31.6 Å². The number of nitrogens with two attached hydrogens (primary N) is 1. The van der Waals surface area contributed by atoms with E-state index in [2.05, 4.69) is 37.7 Å². The van der Waals surface area contributed by atoms with Gasteiger partial charge in [-0.3, -0.25) is 13.9 Å². The van der Waals surface area contributed by atoms with Gasteiger partial charge in [0.05, 0.1) is 11.2 Å². The highest BCUT2D eigenvalue weighted by atomic mass is 16.2. The summed E-state index contributed by atoms with van der Waals surface area (Å²) in [6.07, 6.45) is 11.7. The fourth-order valence-electron chi connectivity index (χ4n) is 5.86. The first kappa shape index (κ1) is 21.8. The van der Waals surface area contributed by atoms with Crippen LogP contribution in [-0.4, -0.2) is 53.0 Å². The van der Waals surface area contributed by atoms with Crippen LogP contribution >= 0.6 is 0 Å². The van der Waals surface area contributed by atoms with Gasteiger partial charge in [-0.1, -0.05) is 24.3 Å². The lowest BCUT2D eigenvalue weighted by Crippen LogP contribution is -2.38. The van der Waals surface area contributed by atoms with Gasteiger partial charge in [0, 0.05) is 49.5 Å². The number of H-pyrrole nitrogens is 1. The van der Waals surface area contributed by atoms with E-state index in [1.54, 1.807) is 10.9 Å². The van der Waals surface area contributed by atoms with E-state index >= 15 is 0 Å². The molecule has 5 heterocycles. The number of imidazole rings is 1. The number of hydrogen-bond acceptors (Lipinski definition) is 5. The van der Waals surface area contributed by atoms with Gasteiger partial charge in [0.25, 0.3) is 5.91 Å². The number of nitrogen functional groups attached to an aromatic ring is 1. The van der Waals surface area contributed by atoms with Gasteiger partial charge in [-0.2, -0.15) is 5.10 Å². The molecule has 9 nitrogen and oxygen atoms in total. The Morgan fingerprint density at radius 3 is 2.86 bits per heavy atom. The third-order valence-electron chi connectivity index (χ3n) is 7.77. The first-order valence-corrected chi connectivity index (χ1v) is 12.8. The van der Waals surface area contributed by atoms with Gasteiger partial charge in [0.2, 0.25) is 0 Å². The second kappa shape index (κ2) is 8.33. The number of carbonyl (C=O) groups is 1. The molecule has 0 atom stereocenters. The average Bonchev–Trinajstić information content (AvgIpc) is 3.62. The Bertz CT molecular complexity index is 1700. The van der Waals surface area contributed by atoms with Gasteiger partial charge in [-0.15, -0.1) is 0 Å². The molecule has 1 fully saturated rings. The van der Waals surface area contributed by atoms with E-state index in [1.165, 1.54) is 5.56 Å². The number of amides is 1. The summed E-state index contributed by atoms with van der Waals surface area (Å²) in [7, 11) is 1.88. The molecule has 0 saturated carbocycles. The van der Waals surface area contributed by atoms with Crippen LogP contribution in [0.25, 0.3) is 33.9 Å². The lowest BCUT2D eigenvalue weighted by molar-refractivity contribution is 0.0706. The summed E-state index contributed by atoms with van der Waals surface area (Å²) in [5.41, 5.74) is 12.9. The maximum atomic E-state index is 13.4. The van der Waals surface area contributed by atoms with Crippen LogP contribution in [0.5, 0.6) is 0 Å². The number of anilines is 1. The zero-order valence-electron chi connectivity index (χ0n) is 20.7. The lowest BCUT2D eigenvalue weighted by Gasteiger charge is -2.31. The van der Waals surface area contributed by atoms with Crippen molar-refractivity contribution in [2.75, 3.05) is 18.8 Å². The van der Waals surface area contributed by atoms with E-state index in [-0.39, 0.29) is 11.8 Å². The molecule has 3 N–H and O–H groups in total. The topological polar surface area (TPSA) is 110 Å². The number of aryl methyl sites for hydroxylation is 2. The molecule has 0 spiro atoms. The summed E-state index contributed by atoms with van der Waals surface area (Å²) in [6.45, 7) is 1.31. The van der Waals surface area contributed by atoms with Crippen LogP contribution in [0.2, 0.25) is 0 Å². The minimum Gasteiger partial charge on any atom is -0.382 e. The molecule has 9 heteroatoms. The lowest BCUT2D eigenvalue weighted by atomic mass is 9.95. The smallest absolute Gasteiger partial charge is 0.275 e. The van der Waals surface area contributed by atoms with Crippen molar-refractivity contribution in [1.29, 1.82) is 0 Å².